The Balaban J connectivity index is 1.51. The van der Waals surface area contributed by atoms with Gasteiger partial charge in [0, 0.05) is 0 Å². The molecule has 0 bridgehead atoms. The monoisotopic (exact) mass is 384 g/mol. The minimum absolute atomic E-state index is 0.347. The van der Waals surface area contributed by atoms with Gasteiger partial charge >= 0.3 is 5.97 Å². The summed E-state index contributed by atoms with van der Waals surface area (Å²) >= 11 is 0. The molecule has 0 saturated heterocycles. The van der Waals surface area contributed by atoms with Gasteiger partial charge in [-0.25, -0.2) is 0 Å². The number of aliphatic carboxylic acids is 1. The van der Waals surface area contributed by atoms with Crippen LogP contribution in [0.4, 0.5) is 0 Å². The highest BCUT2D eigenvalue weighted by Gasteiger charge is 2.49. The van der Waals surface area contributed by atoms with Crippen LogP contribution in [0.15, 0.2) is 6.07 Å². The maximum atomic E-state index is 11.3. The normalized spacial score (nSPS) is 18.9. The molecule has 2 nitrogen and oxygen atoms in total. The van der Waals surface area contributed by atoms with Gasteiger partial charge in [0.25, 0.3) is 0 Å². The van der Waals surface area contributed by atoms with Crippen molar-refractivity contribution in [2.24, 2.45) is 10.8 Å². The molecule has 0 atom stereocenters. The van der Waals surface area contributed by atoms with Gasteiger partial charge in [-0.2, -0.15) is 0 Å². The highest BCUT2D eigenvalue weighted by Crippen LogP contribution is 2.50. The van der Waals surface area contributed by atoms with Gasteiger partial charge < -0.3 is 5.11 Å². The average Bonchev–Trinajstić information content (AvgIpc) is 3.55. The Morgan fingerprint density at radius 3 is 2.07 bits per heavy atom. The summed E-state index contributed by atoms with van der Waals surface area (Å²) in [5.41, 5.74) is 7.91. The summed E-state index contributed by atoms with van der Waals surface area (Å²) in [6.45, 7) is 9.28. The van der Waals surface area contributed by atoms with Gasteiger partial charge in [0.05, 0.1) is 5.41 Å². The number of aryl methyl sites for hydroxylation is 2. The van der Waals surface area contributed by atoms with E-state index in [1.165, 1.54) is 61.6 Å². The van der Waals surface area contributed by atoms with E-state index in [0.717, 1.165) is 38.5 Å². The number of carbonyl (C=O) groups is 1. The molecule has 0 heterocycles. The number of carboxylic acids is 1. The van der Waals surface area contributed by atoms with Gasteiger partial charge in [-0.1, -0.05) is 32.3 Å². The second kappa shape index (κ2) is 8.59. The third kappa shape index (κ3) is 5.19. The lowest BCUT2D eigenvalue weighted by atomic mass is 9.87. The van der Waals surface area contributed by atoms with Gasteiger partial charge in [-0.15, -0.1) is 0 Å². The third-order valence-electron chi connectivity index (χ3n) is 7.77. The van der Waals surface area contributed by atoms with E-state index in [2.05, 4.69) is 33.8 Å². The molecular weight excluding hydrogens is 344 g/mol. The molecule has 0 spiro atoms. The molecule has 1 N–H and O–H groups in total. The molecule has 0 radical (unpaired) electrons. The Bertz CT molecular complexity index is 708. The van der Waals surface area contributed by atoms with Crippen molar-refractivity contribution in [2.45, 2.75) is 111 Å². The van der Waals surface area contributed by atoms with Crippen molar-refractivity contribution in [3.63, 3.8) is 0 Å². The number of rotatable bonds is 12. The van der Waals surface area contributed by atoms with Crippen molar-refractivity contribution in [1.82, 2.24) is 0 Å². The first kappa shape index (κ1) is 21.4. The highest BCUT2D eigenvalue weighted by atomic mass is 16.4. The fourth-order valence-electron chi connectivity index (χ4n) is 4.89. The van der Waals surface area contributed by atoms with Crippen LogP contribution in [0.5, 0.6) is 0 Å². The lowest BCUT2D eigenvalue weighted by molar-refractivity contribution is -0.143. The summed E-state index contributed by atoms with van der Waals surface area (Å²) in [6, 6.07) is 2.36. The quantitative estimate of drug-likeness (QED) is 0.390. The number of hydrogen-bond acceptors (Lipinski definition) is 1. The van der Waals surface area contributed by atoms with Gasteiger partial charge in [-0.05, 0) is 118 Å². The molecule has 2 aliphatic carbocycles. The second-order valence-corrected chi connectivity index (χ2v) is 10.3. The fourth-order valence-corrected chi connectivity index (χ4v) is 4.89. The van der Waals surface area contributed by atoms with E-state index in [1.807, 2.05) is 0 Å². The first-order valence-corrected chi connectivity index (χ1v) is 11.6. The van der Waals surface area contributed by atoms with Crippen LogP contribution in [0.3, 0.4) is 0 Å². The summed E-state index contributed by atoms with van der Waals surface area (Å²) in [7, 11) is 0. The van der Waals surface area contributed by atoms with E-state index >= 15 is 0 Å². The van der Waals surface area contributed by atoms with Crippen LogP contribution in [-0.2, 0) is 17.6 Å². The standard InChI is InChI=1S/C26H40O2/c1-19-18-20(2)22(10-6-5-8-13-26(16-17-26)24(27)28)23(21(19)3)11-7-9-12-25(4)14-15-25/h18H,5-17H2,1-4H3,(H,27,28). The van der Waals surface area contributed by atoms with Gasteiger partial charge in [0.1, 0.15) is 0 Å². The molecule has 0 aliphatic heterocycles. The zero-order valence-corrected chi connectivity index (χ0v) is 18.6. The predicted octanol–water partition coefficient (Wildman–Crippen LogP) is 7.09. The fraction of sp³-hybridized carbons (Fsp3) is 0.731. The highest BCUT2D eigenvalue weighted by molar-refractivity contribution is 5.77. The number of benzene rings is 1. The first-order chi connectivity index (χ1) is 13.3. The van der Waals surface area contributed by atoms with Crippen LogP contribution in [0.2, 0.25) is 0 Å². The smallest absolute Gasteiger partial charge is 0.309 e. The van der Waals surface area contributed by atoms with E-state index in [-0.39, 0.29) is 5.41 Å². The van der Waals surface area contributed by atoms with Crippen molar-refractivity contribution in [1.29, 1.82) is 0 Å². The molecule has 2 saturated carbocycles. The Morgan fingerprint density at radius 1 is 0.857 bits per heavy atom. The topological polar surface area (TPSA) is 37.3 Å². The summed E-state index contributed by atoms with van der Waals surface area (Å²) in [5.74, 6) is -0.570. The second-order valence-electron chi connectivity index (χ2n) is 10.3. The summed E-state index contributed by atoms with van der Waals surface area (Å²) in [5, 5.41) is 9.32. The molecule has 28 heavy (non-hydrogen) atoms. The van der Waals surface area contributed by atoms with Gasteiger partial charge in [0.2, 0.25) is 0 Å². The number of hydrogen-bond donors (Lipinski definition) is 1. The Hall–Kier alpha value is -1.31. The number of unbranched alkanes of at least 4 members (excludes halogenated alkanes) is 3. The van der Waals surface area contributed by atoms with Crippen LogP contribution in [0.1, 0.15) is 105 Å². The largest absolute Gasteiger partial charge is 0.481 e. The van der Waals surface area contributed by atoms with Crippen LogP contribution in [-0.4, -0.2) is 11.1 Å². The molecule has 2 heteroatoms. The predicted molar refractivity (Wildman–Crippen MR) is 117 cm³/mol. The lowest BCUT2D eigenvalue weighted by Gasteiger charge is -2.19. The average molecular weight is 385 g/mol. The van der Waals surface area contributed by atoms with E-state index < -0.39 is 5.97 Å². The zero-order valence-electron chi connectivity index (χ0n) is 18.6. The third-order valence-corrected chi connectivity index (χ3v) is 7.77. The maximum absolute atomic E-state index is 11.3. The number of carboxylic acid groups (broad SMARTS) is 1. The van der Waals surface area contributed by atoms with E-state index in [0.29, 0.717) is 5.41 Å². The lowest BCUT2D eigenvalue weighted by Crippen LogP contribution is -2.14. The minimum atomic E-state index is -0.570. The molecule has 1 aromatic carbocycles. The molecule has 0 aromatic heterocycles. The van der Waals surface area contributed by atoms with Crippen LogP contribution < -0.4 is 0 Å². The molecule has 3 rings (SSSR count). The first-order valence-electron chi connectivity index (χ1n) is 11.6. The van der Waals surface area contributed by atoms with E-state index in [1.54, 1.807) is 11.1 Å². The zero-order chi connectivity index (χ0) is 20.4. The van der Waals surface area contributed by atoms with Crippen molar-refractivity contribution >= 4 is 5.97 Å². The molecule has 0 unspecified atom stereocenters. The molecular formula is C26H40O2. The van der Waals surface area contributed by atoms with Gasteiger partial charge in [0.15, 0.2) is 0 Å². The van der Waals surface area contributed by atoms with Crippen LogP contribution >= 0.6 is 0 Å². The molecule has 2 aliphatic rings. The Morgan fingerprint density at radius 2 is 1.46 bits per heavy atom. The molecule has 1 aromatic rings. The van der Waals surface area contributed by atoms with E-state index in [9.17, 15) is 9.90 Å². The maximum Gasteiger partial charge on any atom is 0.309 e. The Kier molecular flexibility index (Phi) is 6.57. The minimum Gasteiger partial charge on any atom is -0.481 e. The Labute approximate surface area is 172 Å². The molecule has 0 amide bonds. The van der Waals surface area contributed by atoms with Crippen LogP contribution in [0.25, 0.3) is 0 Å². The van der Waals surface area contributed by atoms with E-state index in [4.69, 9.17) is 0 Å². The van der Waals surface area contributed by atoms with Crippen molar-refractivity contribution < 1.29 is 9.90 Å². The summed E-state index contributed by atoms with van der Waals surface area (Å²) in [4.78, 5) is 11.3. The van der Waals surface area contributed by atoms with Crippen molar-refractivity contribution in [3.8, 4) is 0 Å². The van der Waals surface area contributed by atoms with Crippen molar-refractivity contribution in [3.05, 3.63) is 33.9 Å². The SMILES string of the molecule is Cc1cc(C)c(CCCCCC2(C(=O)O)CC2)c(CCCCC2(C)CC2)c1C. The summed E-state index contributed by atoms with van der Waals surface area (Å²) < 4.78 is 0. The van der Waals surface area contributed by atoms with Gasteiger partial charge in [-0.3, -0.25) is 4.79 Å². The molecule has 2 fully saturated rings. The summed E-state index contributed by atoms with van der Waals surface area (Å²) in [6.07, 6.45) is 15.4. The van der Waals surface area contributed by atoms with Crippen LogP contribution in [0, 0.1) is 31.6 Å². The van der Waals surface area contributed by atoms with Crippen molar-refractivity contribution in [2.75, 3.05) is 0 Å². The molecule has 156 valence electrons.